The minimum Gasteiger partial charge on any atom is -0.405 e. The Bertz CT molecular complexity index is 1070. The van der Waals surface area contributed by atoms with E-state index in [4.69, 9.17) is 61.3 Å². The fourth-order valence-corrected chi connectivity index (χ4v) is 10.1. The standard InChI is InChI=1S/C42H72O13Si/c1-5-43-16-17-44-18-19-45-20-21-46-22-23-47-24-25-48-26-27-49-28-29-50-30-31-51-32-33-52-34-35-53-36-37-54-38-39-55-56(42(2,3)4,40-12-8-6-9-13-40)41-14-10-7-11-15-41/h6-15H,5,16-39H2,1-4H3. The predicted octanol–water partition coefficient (Wildman–Crippen LogP) is 3.78. The SMILES string of the molecule is CCOCCOCCOCCOCCOCCOCCOCCOCCOCCOCCOCCOCCO[Si](c1ccccc1)(c1ccccc1)C(C)(C)C. The summed E-state index contributed by atoms with van der Waals surface area (Å²) in [5, 5.41) is 2.48. The molecule has 0 aliphatic rings. The van der Waals surface area contributed by atoms with Gasteiger partial charge in [-0.2, -0.15) is 0 Å². The zero-order valence-electron chi connectivity index (χ0n) is 34.8. The van der Waals surface area contributed by atoms with Gasteiger partial charge in [-0.05, 0) is 22.3 Å². The van der Waals surface area contributed by atoms with Crippen LogP contribution in [-0.4, -0.2) is 173 Å². The van der Waals surface area contributed by atoms with E-state index >= 15 is 0 Å². The summed E-state index contributed by atoms with van der Waals surface area (Å²) < 4.78 is 73.0. The third-order valence-corrected chi connectivity index (χ3v) is 13.3. The largest absolute Gasteiger partial charge is 0.405 e. The van der Waals surface area contributed by atoms with Crippen LogP contribution in [0, 0.1) is 0 Å². The molecule has 2 rings (SSSR count). The van der Waals surface area contributed by atoms with Crippen LogP contribution in [0.1, 0.15) is 27.7 Å². The summed E-state index contributed by atoms with van der Waals surface area (Å²) in [5.74, 6) is 0. The number of ether oxygens (including phenoxy) is 12. The van der Waals surface area contributed by atoms with Crippen LogP contribution in [0.5, 0.6) is 0 Å². The molecule has 0 heterocycles. The van der Waals surface area contributed by atoms with Gasteiger partial charge in [0.25, 0.3) is 8.32 Å². The monoisotopic (exact) mass is 812 g/mol. The first-order valence-electron chi connectivity index (χ1n) is 20.2. The van der Waals surface area contributed by atoms with E-state index < -0.39 is 8.32 Å². The van der Waals surface area contributed by atoms with Crippen molar-refractivity contribution in [3.63, 3.8) is 0 Å². The van der Waals surface area contributed by atoms with Gasteiger partial charge in [0, 0.05) is 6.61 Å². The first-order valence-corrected chi connectivity index (χ1v) is 22.1. The van der Waals surface area contributed by atoms with Crippen LogP contribution in [0.3, 0.4) is 0 Å². The summed E-state index contributed by atoms with van der Waals surface area (Å²) >= 11 is 0. The minimum absolute atomic E-state index is 0.0575. The maximum atomic E-state index is 6.85. The molecule has 0 radical (unpaired) electrons. The second-order valence-electron chi connectivity index (χ2n) is 13.4. The maximum absolute atomic E-state index is 6.85. The third-order valence-electron chi connectivity index (χ3n) is 8.26. The van der Waals surface area contributed by atoms with E-state index in [1.807, 2.05) is 6.92 Å². The molecule has 0 bridgehead atoms. The Morgan fingerprint density at radius 3 is 0.750 bits per heavy atom. The zero-order valence-corrected chi connectivity index (χ0v) is 35.8. The van der Waals surface area contributed by atoms with Crippen LogP contribution < -0.4 is 10.4 Å². The topological polar surface area (TPSA) is 120 Å². The van der Waals surface area contributed by atoms with E-state index in [0.29, 0.717) is 165 Å². The first-order chi connectivity index (χ1) is 27.5. The lowest BCUT2D eigenvalue weighted by atomic mass is 10.2. The van der Waals surface area contributed by atoms with Crippen molar-refractivity contribution < 1.29 is 61.3 Å². The molecule has 0 aliphatic carbocycles. The van der Waals surface area contributed by atoms with Crippen molar-refractivity contribution in [3.05, 3.63) is 60.7 Å². The highest BCUT2D eigenvalue weighted by atomic mass is 28.4. The van der Waals surface area contributed by atoms with Crippen LogP contribution in [0.25, 0.3) is 0 Å². The van der Waals surface area contributed by atoms with Gasteiger partial charge in [0.2, 0.25) is 0 Å². The molecule has 0 aliphatic heterocycles. The van der Waals surface area contributed by atoms with E-state index in [1.54, 1.807) is 0 Å². The second-order valence-corrected chi connectivity index (χ2v) is 17.8. The average molecular weight is 813 g/mol. The van der Waals surface area contributed by atoms with Gasteiger partial charge < -0.3 is 61.3 Å². The molecule has 56 heavy (non-hydrogen) atoms. The zero-order chi connectivity index (χ0) is 40.1. The lowest BCUT2D eigenvalue weighted by molar-refractivity contribution is -0.0284. The Labute approximate surface area is 337 Å². The molecule has 0 saturated heterocycles. The highest BCUT2D eigenvalue weighted by Gasteiger charge is 2.50. The van der Waals surface area contributed by atoms with Gasteiger partial charge in [0.1, 0.15) is 0 Å². The lowest BCUT2D eigenvalue weighted by Crippen LogP contribution is -2.66. The summed E-state index contributed by atoms with van der Waals surface area (Å²) in [5.41, 5.74) is 0. The van der Waals surface area contributed by atoms with Gasteiger partial charge in [0.05, 0.1) is 159 Å². The van der Waals surface area contributed by atoms with E-state index in [1.165, 1.54) is 10.4 Å². The van der Waals surface area contributed by atoms with Crippen molar-refractivity contribution in [1.82, 2.24) is 0 Å². The molecule has 14 heteroatoms. The second kappa shape index (κ2) is 35.1. The lowest BCUT2D eigenvalue weighted by Gasteiger charge is -2.43. The molecule has 0 fully saturated rings. The fourth-order valence-electron chi connectivity index (χ4n) is 5.58. The molecule has 322 valence electrons. The number of rotatable bonds is 40. The van der Waals surface area contributed by atoms with Crippen molar-refractivity contribution >= 4 is 18.7 Å². The van der Waals surface area contributed by atoms with Crippen molar-refractivity contribution in [2.75, 3.05) is 165 Å². The molecule has 0 unspecified atom stereocenters. The molecule has 2 aromatic rings. The van der Waals surface area contributed by atoms with Crippen LogP contribution in [0.15, 0.2) is 60.7 Å². The summed E-state index contributed by atoms with van der Waals surface area (Å²) in [6, 6.07) is 21.3. The van der Waals surface area contributed by atoms with Gasteiger partial charge in [0.15, 0.2) is 0 Å². The fraction of sp³-hybridized carbons (Fsp3) is 0.714. The predicted molar refractivity (Wildman–Crippen MR) is 219 cm³/mol. The van der Waals surface area contributed by atoms with E-state index in [9.17, 15) is 0 Å². The highest BCUT2D eigenvalue weighted by molar-refractivity contribution is 6.99. The summed E-state index contributed by atoms with van der Waals surface area (Å²) in [6.45, 7) is 22.0. The van der Waals surface area contributed by atoms with Crippen molar-refractivity contribution in [2.45, 2.75) is 32.7 Å². The van der Waals surface area contributed by atoms with E-state index in [2.05, 4.69) is 81.4 Å². The molecule has 0 spiro atoms. The number of hydrogen-bond acceptors (Lipinski definition) is 13. The molecular formula is C42H72O13Si. The molecule has 0 amide bonds. The Hall–Kier alpha value is -1.86. The quantitative estimate of drug-likeness (QED) is 0.0719. The van der Waals surface area contributed by atoms with Gasteiger partial charge in [-0.3, -0.25) is 0 Å². The summed E-state index contributed by atoms with van der Waals surface area (Å²) in [7, 11) is -2.54. The summed E-state index contributed by atoms with van der Waals surface area (Å²) in [4.78, 5) is 0. The smallest absolute Gasteiger partial charge is 0.261 e. The van der Waals surface area contributed by atoms with Gasteiger partial charge >= 0.3 is 0 Å². The first kappa shape index (κ1) is 50.3. The highest BCUT2D eigenvalue weighted by Crippen LogP contribution is 2.36. The Morgan fingerprint density at radius 2 is 0.536 bits per heavy atom. The minimum atomic E-state index is -2.54. The average Bonchev–Trinajstić information content (AvgIpc) is 3.20. The normalized spacial score (nSPS) is 12.1. The Kier molecular flexibility index (Phi) is 31.5. The van der Waals surface area contributed by atoms with Crippen LogP contribution >= 0.6 is 0 Å². The molecule has 0 atom stereocenters. The van der Waals surface area contributed by atoms with Crippen molar-refractivity contribution in [1.29, 1.82) is 0 Å². The summed E-state index contributed by atoms with van der Waals surface area (Å²) in [6.07, 6.45) is 0. The number of benzene rings is 2. The van der Waals surface area contributed by atoms with Crippen molar-refractivity contribution in [2.24, 2.45) is 0 Å². The maximum Gasteiger partial charge on any atom is 0.261 e. The van der Waals surface area contributed by atoms with Gasteiger partial charge in [-0.25, -0.2) is 0 Å². The number of hydrogen-bond donors (Lipinski definition) is 0. The van der Waals surface area contributed by atoms with Crippen molar-refractivity contribution in [3.8, 4) is 0 Å². The van der Waals surface area contributed by atoms with Crippen LogP contribution in [-0.2, 0) is 61.3 Å². The molecule has 2 aromatic carbocycles. The molecule has 0 N–H and O–H groups in total. The molecule has 13 nitrogen and oxygen atoms in total. The van der Waals surface area contributed by atoms with Crippen LogP contribution in [0.4, 0.5) is 0 Å². The Balaban J connectivity index is 1.28. The van der Waals surface area contributed by atoms with Crippen LogP contribution in [0.2, 0.25) is 5.04 Å². The molecular weight excluding hydrogens is 741 g/mol. The Morgan fingerprint density at radius 1 is 0.321 bits per heavy atom. The van der Waals surface area contributed by atoms with Gasteiger partial charge in [-0.1, -0.05) is 81.4 Å². The molecule has 0 saturated carbocycles. The van der Waals surface area contributed by atoms with Gasteiger partial charge in [-0.15, -0.1) is 0 Å². The third kappa shape index (κ3) is 24.1. The van der Waals surface area contributed by atoms with E-state index in [0.717, 1.165) is 0 Å². The van der Waals surface area contributed by atoms with E-state index in [-0.39, 0.29) is 5.04 Å². The molecule has 0 aromatic heterocycles.